The van der Waals surface area contributed by atoms with E-state index in [-0.39, 0.29) is 19.0 Å². The summed E-state index contributed by atoms with van der Waals surface area (Å²) in [6.45, 7) is 2.06. The predicted octanol–water partition coefficient (Wildman–Crippen LogP) is 3.95. The van der Waals surface area contributed by atoms with E-state index in [1.54, 1.807) is 32.4 Å². The van der Waals surface area contributed by atoms with Gasteiger partial charge in [0, 0.05) is 17.2 Å². The number of aromatic nitrogens is 1. The zero-order chi connectivity index (χ0) is 19.2. The van der Waals surface area contributed by atoms with Gasteiger partial charge in [0.25, 0.3) is 0 Å². The maximum absolute atomic E-state index is 12.2. The molecule has 0 fully saturated rings. The van der Waals surface area contributed by atoms with Crippen LogP contribution in [0.15, 0.2) is 53.1 Å². The number of ether oxygens (including phenoxy) is 3. The molecule has 140 valence electrons. The Kier molecular flexibility index (Phi) is 5.76. The van der Waals surface area contributed by atoms with Gasteiger partial charge < -0.3 is 18.6 Å². The summed E-state index contributed by atoms with van der Waals surface area (Å²) in [7, 11) is 3.12. The molecule has 0 spiro atoms. The van der Waals surface area contributed by atoms with Crippen LogP contribution in [-0.2, 0) is 22.6 Å². The highest BCUT2D eigenvalue weighted by atomic mass is 16.5. The molecule has 1 heterocycles. The smallest absolute Gasteiger partial charge is 0.310 e. The van der Waals surface area contributed by atoms with Crippen molar-refractivity contribution in [3.05, 3.63) is 65.5 Å². The SMILES string of the molecule is COc1ccc(CC(=O)OCc2coc(-c3ccc(C)cc3)n2)c(OC)c1. The van der Waals surface area contributed by atoms with E-state index >= 15 is 0 Å². The summed E-state index contributed by atoms with van der Waals surface area (Å²) in [5, 5.41) is 0. The molecule has 3 aromatic rings. The molecule has 0 aliphatic rings. The van der Waals surface area contributed by atoms with Gasteiger partial charge in [-0.25, -0.2) is 4.98 Å². The first kappa shape index (κ1) is 18.5. The Bertz CT molecular complexity index is 915. The van der Waals surface area contributed by atoms with Crippen LogP contribution in [0.2, 0.25) is 0 Å². The first-order chi connectivity index (χ1) is 13.1. The van der Waals surface area contributed by atoms with Crippen molar-refractivity contribution < 1.29 is 23.4 Å². The summed E-state index contributed by atoms with van der Waals surface area (Å²) >= 11 is 0. The van der Waals surface area contributed by atoms with Crippen molar-refractivity contribution in [2.24, 2.45) is 0 Å². The van der Waals surface area contributed by atoms with E-state index in [0.29, 0.717) is 23.1 Å². The highest BCUT2D eigenvalue weighted by molar-refractivity contribution is 5.73. The normalized spacial score (nSPS) is 10.5. The number of hydrogen-bond acceptors (Lipinski definition) is 6. The fourth-order valence-corrected chi connectivity index (χ4v) is 2.56. The second-order valence-electron chi connectivity index (χ2n) is 6.03. The Morgan fingerprint density at radius 3 is 2.56 bits per heavy atom. The fraction of sp³-hybridized carbons (Fsp3) is 0.238. The topological polar surface area (TPSA) is 70.8 Å². The van der Waals surface area contributed by atoms with E-state index in [1.807, 2.05) is 31.2 Å². The number of nitrogens with zero attached hydrogens (tertiary/aromatic N) is 1. The molecule has 0 aliphatic carbocycles. The van der Waals surface area contributed by atoms with Crippen LogP contribution in [-0.4, -0.2) is 25.2 Å². The van der Waals surface area contributed by atoms with Gasteiger partial charge in [0.05, 0.1) is 20.6 Å². The number of carbonyl (C=O) groups is 1. The Balaban J connectivity index is 1.59. The minimum Gasteiger partial charge on any atom is -0.497 e. The molecule has 27 heavy (non-hydrogen) atoms. The lowest BCUT2D eigenvalue weighted by molar-refractivity contribution is -0.144. The molecule has 0 bridgehead atoms. The molecule has 2 aromatic carbocycles. The van der Waals surface area contributed by atoms with Crippen molar-refractivity contribution >= 4 is 5.97 Å². The number of carbonyl (C=O) groups excluding carboxylic acids is 1. The minimum atomic E-state index is -0.377. The zero-order valence-corrected chi connectivity index (χ0v) is 15.5. The van der Waals surface area contributed by atoms with Crippen molar-refractivity contribution in [2.75, 3.05) is 14.2 Å². The number of aryl methyl sites for hydroxylation is 1. The zero-order valence-electron chi connectivity index (χ0n) is 15.5. The van der Waals surface area contributed by atoms with Crippen LogP contribution in [0.4, 0.5) is 0 Å². The van der Waals surface area contributed by atoms with E-state index in [1.165, 1.54) is 6.26 Å². The van der Waals surface area contributed by atoms with Gasteiger partial charge in [-0.3, -0.25) is 4.79 Å². The van der Waals surface area contributed by atoms with Crippen molar-refractivity contribution in [3.63, 3.8) is 0 Å². The lowest BCUT2D eigenvalue weighted by Gasteiger charge is -2.10. The van der Waals surface area contributed by atoms with Gasteiger partial charge in [-0.05, 0) is 25.1 Å². The van der Waals surface area contributed by atoms with Crippen LogP contribution >= 0.6 is 0 Å². The van der Waals surface area contributed by atoms with Crippen LogP contribution < -0.4 is 9.47 Å². The van der Waals surface area contributed by atoms with Crippen LogP contribution in [0.25, 0.3) is 11.5 Å². The van der Waals surface area contributed by atoms with Gasteiger partial charge >= 0.3 is 5.97 Å². The average Bonchev–Trinajstić information content (AvgIpc) is 3.16. The Morgan fingerprint density at radius 1 is 1.07 bits per heavy atom. The summed E-state index contributed by atoms with van der Waals surface area (Å²) in [4.78, 5) is 16.5. The highest BCUT2D eigenvalue weighted by Crippen LogP contribution is 2.25. The third kappa shape index (κ3) is 4.67. The van der Waals surface area contributed by atoms with Crippen molar-refractivity contribution in [1.82, 2.24) is 4.98 Å². The predicted molar refractivity (Wildman–Crippen MR) is 99.7 cm³/mol. The van der Waals surface area contributed by atoms with Crippen LogP contribution in [0, 0.1) is 6.92 Å². The summed E-state index contributed by atoms with van der Waals surface area (Å²) in [6, 6.07) is 13.1. The van der Waals surface area contributed by atoms with Gasteiger partial charge in [0.2, 0.25) is 5.89 Å². The Labute approximate surface area is 157 Å². The number of benzene rings is 2. The second kappa shape index (κ2) is 8.40. The highest BCUT2D eigenvalue weighted by Gasteiger charge is 2.13. The van der Waals surface area contributed by atoms with Gasteiger partial charge in [0.1, 0.15) is 30.1 Å². The minimum absolute atomic E-state index is 0.0483. The monoisotopic (exact) mass is 367 g/mol. The average molecular weight is 367 g/mol. The molecule has 0 radical (unpaired) electrons. The maximum Gasteiger partial charge on any atom is 0.310 e. The third-order valence-corrected chi connectivity index (χ3v) is 4.06. The van der Waals surface area contributed by atoms with Crippen LogP contribution in [0.3, 0.4) is 0 Å². The van der Waals surface area contributed by atoms with E-state index in [0.717, 1.165) is 16.7 Å². The summed E-state index contributed by atoms with van der Waals surface area (Å²) in [6.07, 6.45) is 1.59. The van der Waals surface area contributed by atoms with Crippen molar-refractivity contribution in [3.8, 4) is 23.0 Å². The first-order valence-electron chi connectivity index (χ1n) is 8.47. The summed E-state index contributed by atoms with van der Waals surface area (Å²) in [5.74, 6) is 1.36. The molecule has 0 saturated carbocycles. The molecule has 0 atom stereocenters. The molecule has 0 saturated heterocycles. The molecule has 6 nitrogen and oxygen atoms in total. The van der Waals surface area contributed by atoms with Crippen LogP contribution in [0.1, 0.15) is 16.8 Å². The van der Waals surface area contributed by atoms with Gasteiger partial charge in [-0.15, -0.1) is 0 Å². The third-order valence-electron chi connectivity index (χ3n) is 4.06. The fourth-order valence-electron chi connectivity index (χ4n) is 2.56. The molecular formula is C21H21NO5. The van der Waals surface area contributed by atoms with Crippen molar-refractivity contribution in [2.45, 2.75) is 20.0 Å². The Hall–Kier alpha value is -3.28. The molecule has 1 aromatic heterocycles. The van der Waals surface area contributed by atoms with E-state index in [9.17, 15) is 4.79 Å². The first-order valence-corrected chi connectivity index (χ1v) is 8.47. The number of rotatable bonds is 7. The lowest BCUT2D eigenvalue weighted by atomic mass is 10.1. The number of hydrogen-bond donors (Lipinski definition) is 0. The second-order valence-corrected chi connectivity index (χ2v) is 6.03. The number of esters is 1. The van der Waals surface area contributed by atoms with Crippen molar-refractivity contribution in [1.29, 1.82) is 0 Å². The molecule has 0 N–H and O–H groups in total. The maximum atomic E-state index is 12.2. The quantitative estimate of drug-likeness (QED) is 0.589. The van der Waals surface area contributed by atoms with Gasteiger partial charge in [-0.1, -0.05) is 23.8 Å². The number of oxazole rings is 1. The van der Waals surface area contributed by atoms with Crippen LogP contribution in [0.5, 0.6) is 11.5 Å². The Morgan fingerprint density at radius 2 is 1.85 bits per heavy atom. The largest absolute Gasteiger partial charge is 0.497 e. The molecule has 0 amide bonds. The van der Waals surface area contributed by atoms with Gasteiger partial charge in [0.15, 0.2) is 0 Å². The molecule has 0 unspecified atom stereocenters. The summed E-state index contributed by atoms with van der Waals surface area (Å²) < 4.78 is 21.2. The van der Waals surface area contributed by atoms with E-state index in [2.05, 4.69) is 4.98 Å². The molecule has 6 heteroatoms. The van der Waals surface area contributed by atoms with Gasteiger partial charge in [-0.2, -0.15) is 0 Å². The number of methoxy groups -OCH3 is 2. The molecule has 0 aliphatic heterocycles. The molecule has 3 rings (SSSR count). The van der Waals surface area contributed by atoms with E-state index in [4.69, 9.17) is 18.6 Å². The van der Waals surface area contributed by atoms with E-state index < -0.39 is 0 Å². The lowest BCUT2D eigenvalue weighted by Crippen LogP contribution is -2.09. The standard InChI is InChI=1S/C21H21NO5/c1-14-4-6-15(7-5-14)21-22-17(13-27-21)12-26-20(23)10-16-8-9-18(24-2)11-19(16)25-3/h4-9,11,13H,10,12H2,1-3H3. The summed E-state index contributed by atoms with van der Waals surface area (Å²) in [5.41, 5.74) is 3.32. The molecular weight excluding hydrogens is 346 g/mol.